The third kappa shape index (κ3) is 3.97. The molecule has 0 amide bonds. The summed E-state index contributed by atoms with van der Waals surface area (Å²) in [6.45, 7) is 13.6. The zero-order valence-corrected chi connectivity index (χ0v) is 11.4. The van der Waals surface area contributed by atoms with Gasteiger partial charge in [-0.05, 0) is 18.4 Å². The standard InChI is InChI=1S/C12H26N2S/c1-5-12(4,8-13)9-14-6-10(2)15-11(3)7-14/h10-11H,5-9,13H2,1-4H3. The van der Waals surface area contributed by atoms with Crippen molar-refractivity contribution in [3.63, 3.8) is 0 Å². The smallest absolute Gasteiger partial charge is 0.0149 e. The van der Waals surface area contributed by atoms with E-state index in [0.29, 0.717) is 5.41 Å². The highest BCUT2D eigenvalue weighted by molar-refractivity contribution is 8.00. The van der Waals surface area contributed by atoms with Crippen molar-refractivity contribution in [2.75, 3.05) is 26.2 Å². The van der Waals surface area contributed by atoms with Crippen LogP contribution in [0.3, 0.4) is 0 Å². The van der Waals surface area contributed by atoms with Gasteiger partial charge in [0.25, 0.3) is 0 Å². The molecule has 1 saturated heterocycles. The van der Waals surface area contributed by atoms with Crippen LogP contribution in [0.2, 0.25) is 0 Å². The van der Waals surface area contributed by atoms with E-state index in [1.165, 1.54) is 19.5 Å². The van der Waals surface area contributed by atoms with E-state index >= 15 is 0 Å². The first-order chi connectivity index (χ1) is 6.99. The van der Waals surface area contributed by atoms with Crippen molar-refractivity contribution in [3.05, 3.63) is 0 Å². The molecule has 2 nitrogen and oxygen atoms in total. The molecule has 2 N–H and O–H groups in total. The van der Waals surface area contributed by atoms with Gasteiger partial charge in [-0.1, -0.05) is 27.7 Å². The average molecular weight is 230 g/mol. The van der Waals surface area contributed by atoms with Crippen LogP contribution in [-0.4, -0.2) is 41.6 Å². The molecule has 0 bridgehead atoms. The van der Waals surface area contributed by atoms with Crippen molar-refractivity contribution >= 4 is 11.8 Å². The van der Waals surface area contributed by atoms with Gasteiger partial charge in [0.05, 0.1) is 0 Å². The topological polar surface area (TPSA) is 29.3 Å². The second-order valence-corrected chi connectivity index (χ2v) is 7.20. The maximum atomic E-state index is 5.87. The number of nitrogens with zero attached hydrogens (tertiary/aromatic N) is 1. The van der Waals surface area contributed by atoms with Crippen molar-refractivity contribution in [3.8, 4) is 0 Å². The lowest BCUT2D eigenvalue weighted by molar-refractivity contribution is 0.162. The minimum atomic E-state index is 0.307. The van der Waals surface area contributed by atoms with Gasteiger partial charge in [-0.2, -0.15) is 11.8 Å². The quantitative estimate of drug-likeness (QED) is 0.803. The molecule has 1 aliphatic heterocycles. The SMILES string of the molecule is CCC(C)(CN)CN1CC(C)SC(C)C1. The molecule has 0 aliphatic carbocycles. The van der Waals surface area contributed by atoms with E-state index in [1.807, 2.05) is 0 Å². The molecule has 0 radical (unpaired) electrons. The first-order valence-electron chi connectivity index (χ1n) is 6.07. The second kappa shape index (κ2) is 5.55. The molecule has 1 rings (SSSR count). The number of rotatable bonds is 4. The van der Waals surface area contributed by atoms with Gasteiger partial charge in [-0.3, -0.25) is 0 Å². The van der Waals surface area contributed by atoms with Crippen LogP contribution in [-0.2, 0) is 0 Å². The van der Waals surface area contributed by atoms with Crippen molar-refractivity contribution < 1.29 is 0 Å². The summed E-state index contributed by atoms with van der Waals surface area (Å²) in [6, 6.07) is 0. The van der Waals surface area contributed by atoms with E-state index in [2.05, 4.69) is 44.4 Å². The lowest BCUT2D eigenvalue weighted by Gasteiger charge is -2.40. The largest absolute Gasteiger partial charge is 0.330 e. The van der Waals surface area contributed by atoms with Crippen molar-refractivity contribution in [2.24, 2.45) is 11.1 Å². The van der Waals surface area contributed by atoms with Crippen LogP contribution in [0.15, 0.2) is 0 Å². The van der Waals surface area contributed by atoms with E-state index in [0.717, 1.165) is 23.6 Å². The van der Waals surface area contributed by atoms with Gasteiger partial charge in [0.1, 0.15) is 0 Å². The molecule has 1 aliphatic rings. The molecule has 3 atom stereocenters. The van der Waals surface area contributed by atoms with Crippen LogP contribution in [0.25, 0.3) is 0 Å². The molecule has 3 unspecified atom stereocenters. The zero-order chi connectivity index (χ0) is 11.5. The van der Waals surface area contributed by atoms with Crippen LogP contribution in [0, 0.1) is 5.41 Å². The maximum Gasteiger partial charge on any atom is 0.0149 e. The van der Waals surface area contributed by atoms with E-state index in [4.69, 9.17) is 5.73 Å². The fourth-order valence-electron chi connectivity index (χ4n) is 2.27. The van der Waals surface area contributed by atoms with Gasteiger partial charge in [-0.25, -0.2) is 0 Å². The van der Waals surface area contributed by atoms with Gasteiger partial charge in [0.2, 0.25) is 0 Å². The maximum absolute atomic E-state index is 5.87. The summed E-state index contributed by atoms with van der Waals surface area (Å²) in [5.41, 5.74) is 6.18. The Balaban J connectivity index is 2.49. The average Bonchev–Trinajstić information content (AvgIpc) is 2.16. The lowest BCUT2D eigenvalue weighted by Crippen LogP contribution is -2.47. The monoisotopic (exact) mass is 230 g/mol. The molecule has 3 heteroatoms. The number of nitrogens with two attached hydrogens (primary N) is 1. The molecule has 90 valence electrons. The van der Waals surface area contributed by atoms with Gasteiger partial charge < -0.3 is 10.6 Å². The van der Waals surface area contributed by atoms with E-state index in [1.54, 1.807) is 0 Å². The molecule has 0 aromatic carbocycles. The Hall–Kier alpha value is 0.270. The van der Waals surface area contributed by atoms with Gasteiger partial charge in [-0.15, -0.1) is 0 Å². The molecule has 15 heavy (non-hydrogen) atoms. The summed E-state index contributed by atoms with van der Waals surface area (Å²) in [7, 11) is 0. The van der Waals surface area contributed by atoms with Crippen molar-refractivity contribution in [2.45, 2.75) is 44.6 Å². The Morgan fingerprint density at radius 3 is 2.27 bits per heavy atom. The Bertz CT molecular complexity index is 182. The third-order valence-electron chi connectivity index (χ3n) is 3.45. The van der Waals surface area contributed by atoms with E-state index < -0.39 is 0 Å². The summed E-state index contributed by atoms with van der Waals surface area (Å²) in [6.07, 6.45) is 1.18. The summed E-state index contributed by atoms with van der Waals surface area (Å²) >= 11 is 2.11. The van der Waals surface area contributed by atoms with Gasteiger partial charge in [0.15, 0.2) is 0 Å². The first-order valence-corrected chi connectivity index (χ1v) is 7.01. The Kier molecular flexibility index (Phi) is 4.94. The molecular weight excluding hydrogens is 204 g/mol. The minimum Gasteiger partial charge on any atom is -0.330 e. The van der Waals surface area contributed by atoms with Crippen LogP contribution in [0.4, 0.5) is 0 Å². The second-order valence-electron chi connectivity index (χ2n) is 5.32. The normalized spacial score (nSPS) is 32.6. The zero-order valence-electron chi connectivity index (χ0n) is 10.6. The van der Waals surface area contributed by atoms with Crippen LogP contribution in [0.1, 0.15) is 34.1 Å². The van der Waals surface area contributed by atoms with Crippen LogP contribution < -0.4 is 5.73 Å². The fourth-order valence-corrected chi connectivity index (χ4v) is 3.66. The molecule has 1 fully saturated rings. The Labute approximate surface area is 99.0 Å². The van der Waals surface area contributed by atoms with E-state index in [-0.39, 0.29) is 0 Å². The highest BCUT2D eigenvalue weighted by Crippen LogP contribution is 2.28. The highest BCUT2D eigenvalue weighted by Gasteiger charge is 2.28. The predicted octanol–water partition coefficient (Wildman–Crippen LogP) is 2.19. The van der Waals surface area contributed by atoms with E-state index in [9.17, 15) is 0 Å². The Morgan fingerprint density at radius 1 is 1.33 bits per heavy atom. The van der Waals surface area contributed by atoms with Crippen LogP contribution in [0.5, 0.6) is 0 Å². The molecule has 0 aromatic heterocycles. The lowest BCUT2D eigenvalue weighted by atomic mass is 9.87. The summed E-state index contributed by atoms with van der Waals surface area (Å²) in [5.74, 6) is 0. The van der Waals surface area contributed by atoms with Gasteiger partial charge >= 0.3 is 0 Å². The highest BCUT2D eigenvalue weighted by atomic mass is 32.2. The fraction of sp³-hybridized carbons (Fsp3) is 1.00. The molecular formula is C12H26N2S. The summed E-state index contributed by atoms with van der Waals surface area (Å²) in [4.78, 5) is 2.60. The number of hydrogen-bond donors (Lipinski definition) is 1. The van der Waals surface area contributed by atoms with Crippen molar-refractivity contribution in [1.29, 1.82) is 0 Å². The number of hydrogen-bond acceptors (Lipinski definition) is 3. The molecule has 1 heterocycles. The molecule has 0 aromatic rings. The minimum absolute atomic E-state index is 0.307. The molecule has 0 spiro atoms. The third-order valence-corrected chi connectivity index (χ3v) is 4.67. The van der Waals surface area contributed by atoms with Gasteiger partial charge in [0, 0.05) is 30.1 Å². The van der Waals surface area contributed by atoms with Crippen molar-refractivity contribution in [1.82, 2.24) is 4.90 Å². The predicted molar refractivity (Wildman–Crippen MR) is 70.4 cm³/mol. The summed E-state index contributed by atoms with van der Waals surface area (Å²) < 4.78 is 0. The summed E-state index contributed by atoms with van der Waals surface area (Å²) in [5, 5.41) is 1.54. The first kappa shape index (κ1) is 13.3. The number of thioether (sulfide) groups is 1. The molecule has 0 saturated carbocycles. The Morgan fingerprint density at radius 2 is 1.87 bits per heavy atom. The van der Waals surface area contributed by atoms with Crippen LogP contribution >= 0.6 is 11.8 Å².